The van der Waals surface area contributed by atoms with Gasteiger partial charge in [0, 0.05) is 25.1 Å². The van der Waals surface area contributed by atoms with Crippen LogP contribution in [0.2, 0.25) is 0 Å². The summed E-state index contributed by atoms with van der Waals surface area (Å²) in [4.78, 5) is 4.82. The Balaban J connectivity index is 2.57. The minimum absolute atomic E-state index is 0.349. The number of hydrogen-bond donors (Lipinski definition) is 1. The molecule has 0 bridgehead atoms. The molecule has 0 saturated carbocycles. The lowest BCUT2D eigenvalue weighted by Gasteiger charge is -2.10. The van der Waals surface area contributed by atoms with E-state index in [4.69, 9.17) is 15.5 Å². The smallest absolute Gasteiger partial charge is 0.131 e. The molecule has 4 nitrogen and oxygen atoms in total. The van der Waals surface area contributed by atoms with E-state index >= 15 is 0 Å². The van der Waals surface area contributed by atoms with Gasteiger partial charge in [0.1, 0.15) is 17.3 Å². The topological polar surface area (TPSA) is 53.1 Å². The number of nitrogens with zero attached hydrogens (tertiary/aromatic N) is 2. The third-order valence-electron chi connectivity index (χ3n) is 3.57. The van der Waals surface area contributed by atoms with E-state index in [1.54, 1.807) is 7.11 Å². The lowest BCUT2D eigenvalue weighted by molar-refractivity contribution is 0.185. The van der Waals surface area contributed by atoms with Crippen molar-refractivity contribution in [2.45, 2.75) is 46.3 Å². The standard InChI is InChI=1S/C17H25N3O/c1-5-10-20-16(18)15(19-17(20)12(2)3)14-9-7-6-8-13(14)11-21-4/h6-9,12H,5,10-11,18H2,1-4H3. The molecule has 0 radical (unpaired) electrons. The molecule has 0 aliphatic heterocycles. The molecule has 1 aromatic heterocycles. The fraction of sp³-hybridized carbons (Fsp3) is 0.471. The third kappa shape index (κ3) is 3.10. The first-order valence-corrected chi connectivity index (χ1v) is 7.53. The Morgan fingerprint density at radius 3 is 2.62 bits per heavy atom. The van der Waals surface area contributed by atoms with Crippen LogP contribution in [0.15, 0.2) is 24.3 Å². The van der Waals surface area contributed by atoms with Crippen LogP contribution in [0.3, 0.4) is 0 Å². The number of methoxy groups -OCH3 is 1. The van der Waals surface area contributed by atoms with E-state index < -0.39 is 0 Å². The number of imidazole rings is 1. The van der Waals surface area contributed by atoms with Crippen LogP contribution in [0.4, 0.5) is 5.82 Å². The Bertz CT molecular complexity index is 602. The molecule has 0 unspecified atom stereocenters. The van der Waals surface area contributed by atoms with Crippen molar-refractivity contribution < 1.29 is 4.74 Å². The number of nitrogens with two attached hydrogens (primary N) is 1. The summed E-state index contributed by atoms with van der Waals surface area (Å²) in [5.74, 6) is 2.16. The zero-order valence-electron chi connectivity index (χ0n) is 13.4. The number of rotatable bonds is 6. The second-order valence-corrected chi connectivity index (χ2v) is 5.60. The van der Waals surface area contributed by atoms with Gasteiger partial charge in [0.05, 0.1) is 6.61 Å². The summed E-state index contributed by atoms with van der Waals surface area (Å²) >= 11 is 0. The number of benzene rings is 1. The molecule has 21 heavy (non-hydrogen) atoms. The molecular weight excluding hydrogens is 262 g/mol. The van der Waals surface area contributed by atoms with Crippen molar-refractivity contribution in [1.82, 2.24) is 9.55 Å². The van der Waals surface area contributed by atoms with Gasteiger partial charge in [0.15, 0.2) is 0 Å². The maximum absolute atomic E-state index is 6.38. The summed E-state index contributed by atoms with van der Waals surface area (Å²) < 4.78 is 7.43. The van der Waals surface area contributed by atoms with Crippen LogP contribution in [0, 0.1) is 0 Å². The number of nitrogen functional groups attached to an aromatic ring is 1. The van der Waals surface area contributed by atoms with E-state index in [-0.39, 0.29) is 0 Å². The lowest BCUT2D eigenvalue weighted by atomic mass is 10.1. The van der Waals surface area contributed by atoms with Crippen LogP contribution >= 0.6 is 0 Å². The number of aromatic nitrogens is 2. The third-order valence-corrected chi connectivity index (χ3v) is 3.57. The lowest BCUT2D eigenvalue weighted by Crippen LogP contribution is -2.08. The first kappa shape index (κ1) is 15.6. The minimum Gasteiger partial charge on any atom is -0.383 e. The van der Waals surface area contributed by atoms with Gasteiger partial charge in [-0.05, 0) is 12.0 Å². The van der Waals surface area contributed by atoms with Crippen molar-refractivity contribution in [2.24, 2.45) is 0 Å². The Kier molecular flexibility index (Phi) is 5.02. The van der Waals surface area contributed by atoms with Crippen LogP contribution in [-0.2, 0) is 17.9 Å². The predicted octanol–water partition coefficient (Wildman–Crippen LogP) is 3.81. The fourth-order valence-corrected chi connectivity index (χ4v) is 2.61. The van der Waals surface area contributed by atoms with Gasteiger partial charge in [0.25, 0.3) is 0 Å². The Labute approximate surface area is 127 Å². The van der Waals surface area contributed by atoms with Gasteiger partial charge < -0.3 is 15.0 Å². The van der Waals surface area contributed by atoms with Crippen molar-refractivity contribution in [3.8, 4) is 11.3 Å². The van der Waals surface area contributed by atoms with Gasteiger partial charge in [-0.3, -0.25) is 0 Å². The number of hydrogen-bond acceptors (Lipinski definition) is 3. The molecule has 1 heterocycles. The average molecular weight is 287 g/mol. The zero-order chi connectivity index (χ0) is 15.4. The average Bonchev–Trinajstić information content (AvgIpc) is 2.78. The highest BCUT2D eigenvalue weighted by Gasteiger charge is 2.19. The van der Waals surface area contributed by atoms with Gasteiger partial charge in [-0.2, -0.15) is 0 Å². The van der Waals surface area contributed by atoms with Crippen LogP contribution in [-0.4, -0.2) is 16.7 Å². The molecule has 4 heteroatoms. The van der Waals surface area contributed by atoms with E-state index in [1.807, 2.05) is 12.1 Å². The molecule has 2 N–H and O–H groups in total. The van der Waals surface area contributed by atoms with E-state index in [9.17, 15) is 0 Å². The molecule has 0 aliphatic rings. The second-order valence-electron chi connectivity index (χ2n) is 5.60. The molecular formula is C17H25N3O. The number of ether oxygens (including phenoxy) is 1. The van der Waals surface area contributed by atoms with E-state index in [2.05, 4.69) is 37.5 Å². The van der Waals surface area contributed by atoms with Gasteiger partial charge >= 0.3 is 0 Å². The summed E-state index contributed by atoms with van der Waals surface area (Å²) in [6.45, 7) is 7.92. The van der Waals surface area contributed by atoms with E-state index in [0.29, 0.717) is 12.5 Å². The summed E-state index contributed by atoms with van der Waals surface area (Å²) in [7, 11) is 1.70. The fourth-order valence-electron chi connectivity index (χ4n) is 2.61. The summed E-state index contributed by atoms with van der Waals surface area (Å²) in [5.41, 5.74) is 9.44. The molecule has 0 amide bonds. The minimum atomic E-state index is 0.349. The van der Waals surface area contributed by atoms with Gasteiger partial charge in [0.2, 0.25) is 0 Å². The first-order chi connectivity index (χ1) is 10.1. The maximum Gasteiger partial charge on any atom is 0.131 e. The molecule has 0 fully saturated rings. The summed E-state index contributed by atoms with van der Waals surface area (Å²) in [6.07, 6.45) is 1.04. The quantitative estimate of drug-likeness (QED) is 0.879. The highest BCUT2D eigenvalue weighted by atomic mass is 16.5. The normalized spacial score (nSPS) is 11.3. The Morgan fingerprint density at radius 2 is 2.00 bits per heavy atom. The van der Waals surface area contributed by atoms with Gasteiger partial charge in [-0.25, -0.2) is 4.98 Å². The molecule has 2 rings (SSSR count). The molecule has 1 aromatic carbocycles. The molecule has 0 atom stereocenters. The monoisotopic (exact) mass is 287 g/mol. The highest BCUT2D eigenvalue weighted by Crippen LogP contribution is 2.32. The summed E-state index contributed by atoms with van der Waals surface area (Å²) in [6, 6.07) is 8.15. The molecule has 0 spiro atoms. The van der Waals surface area contributed by atoms with Crippen molar-refractivity contribution in [3.05, 3.63) is 35.7 Å². The summed E-state index contributed by atoms with van der Waals surface area (Å²) in [5, 5.41) is 0. The number of anilines is 1. The van der Waals surface area contributed by atoms with Gasteiger partial charge in [-0.15, -0.1) is 0 Å². The molecule has 114 valence electrons. The van der Waals surface area contributed by atoms with E-state index in [0.717, 1.165) is 41.4 Å². The van der Waals surface area contributed by atoms with Crippen LogP contribution < -0.4 is 5.73 Å². The van der Waals surface area contributed by atoms with Gasteiger partial charge in [-0.1, -0.05) is 45.0 Å². The van der Waals surface area contributed by atoms with Crippen molar-refractivity contribution in [1.29, 1.82) is 0 Å². The van der Waals surface area contributed by atoms with Crippen LogP contribution in [0.25, 0.3) is 11.3 Å². The molecule has 2 aromatic rings. The molecule has 0 aliphatic carbocycles. The van der Waals surface area contributed by atoms with Crippen molar-refractivity contribution in [2.75, 3.05) is 12.8 Å². The van der Waals surface area contributed by atoms with Crippen molar-refractivity contribution in [3.63, 3.8) is 0 Å². The first-order valence-electron chi connectivity index (χ1n) is 7.53. The Morgan fingerprint density at radius 1 is 1.29 bits per heavy atom. The predicted molar refractivity (Wildman–Crippen MR) is 87.2 cm³/mol. The SMILES string of the molecule is CCCn1c(C(C)C)nc(-c2ccccc2COC)c1N. The second kappa shape index (κ2) is 6.76. The largest absolute Gasteiger partial charge is 0.383 e. The molecule has 0 saturated heterocycles. The Hall–Kier alpha value is -1.81. The van der Waals surface area contributed by atoms with Crippen LogP contribution in [0.5, 0.6) is 0 Å². The highest BCUT2D eigenvalue weighted by molar-refractivity contribution is 5.73. The van der Waals surface area contributed by atoms with Crippen molar-refractivity contribution >= 4 is 5.82 Å². The van der Waals surface area contributed by atoms with E-state index in [1.165, 1.54) is 0 Å². The maximum atomic E-state index is 6.38. The van der Waals surface area contributed by atoms with Crippen LogP contribution in [0.1, 0.15) is 44.5 Å². The zero-order valence-corrected chi connectivity index (χ0v) is 13.4.